The maximum Gasteiger partial charge on any atom is 0.244 e. The lowest BCUT2D eigenvalue weighted by atomic mass is 10.3. The maximum absolute atomic E-state index is 11.4. The molecule has 2 heterocycles. The molecule has 1 aromatic heterocycles. The van der Waals surface area contributed by atoms with Crippen LogP contribution in [0.15, 0.2) is 6.20 Å². The average Bonchev–Trinajstić information content (AvgIpc) is 2.75. The predicted octanol–water partition coefficient (Wildman–Crippen LogP) is 0.707. The second-order valence-electron chi connectivity index (χ2n) is 5.16. The Labute approximate surface area is 119 Å². The van der Waals surface area contributed by atoms with Crippen LogP contribution in [0.25, 0.3) is 0 Å². The molecule has 1 N–H and O–H groups in total. The molecule has 1 aliphatic rings. The van der Waals surface area contributed by atoms with Gasteiger partial charge in [0.2, 0.25) is 5.95 Å². The van der Waals surface area contributed by atoms with E-state index in [9.17, 15) is 8.42 Å². The molecule has 0 spiro atoms. The number of aromatic nitrogens is 3. The first kappa shape index (κ1) is 15.0. The lowest BCUT2D eigenvalue weighted by Gasteiger charge is -2.18. The zero-order valence-corrected chi connectivity index (χ0v) is 12.7. The molecule has 0 bridgehead atoms. The van der Waals surface area contributed by atoms with Gasteiger partial charge < -0.3 is 10.2 Å². The summed E-state index contributed by atoms with van der Waals surface area (Å²) in [6, 6.07) is -0.113. The van der Waals surface area contributed by atoms with Crippen molar-refractivity contribution in [2.75, 3.05) is 35.3 Å². The average molecular weight is 299 g/mol. The van der Waals surface area contributed by atoms with Crippen LogP contribution in [0.1, 0.15) is 26.2 Å². The van der Waals surface area contributed by atoms with E-state index in [1.165, 1.54) is 0 Å². The molecule has 1 aliphatic heterocycles. The molecular formula is C12H21N5O2S. The van der Waals surface area contributed by atoms with Crippen LogP contribution >= 0.6 is 0 Å². The van der Waals surface area contributed by atoms with E-state index in [1.54, 1.807) is 6.20 Å². The highest BCUT2D eigenvalue weighted by atomic mass is 32.2. The fourth-order valence-electron chi connectivity index (χ4n) is 2.14. The largest absolute Gasteiger partial charge is 0.358 e. The highest BCUT2D eigenvalue weighted by Crippen LogP contribution is 2.16. The van der Waals surface area contributed by atoms with Crippen LogP contribution in [0, 0.1) is 0 Å². The van der Waals surface area contributed by atoms with E-state index in [-0.39, 0.29) is 17.5 Å². The van der Waals surface area contributed by atoms with Crippen molar-refractivity contribution in [1.29, 1.82) is 0 Å². The van der Waals surface area contributed by atoms with Gasteiger partial charge in [0.15, 0.2) is 15.7 Å². The second kappa shape index (κ2) is 6.34. The third-order valence-electron chi connectivity index (χ3n) is 3.35. The Kier molecular flexibility index (Phi) is 4.74. The van der Waals surface area contributed by atoms with Crippen molar-refractivity contribution in [2.45, 2.75) is 32.2 Å². The Morgan fingerprint density at radius 1 is 1.50 bits per heavy atom. The van der Waals surface area contributed by atoms with Gasteiger partial charge in [0.25, 0.3) is 0 Å². The number of anilines is 2. The highest BCUT2D eigenvalue weighted by molar-refractivity contribution is 7.91. The summed E-state index contributed by atoms with van der Waals surface area (Å²) in [5, 5.41) is 10.9. The van der Waals surface area contributed by atoms with Gasteiger partial charge in [-0.3, -0.25) is 0 Å². The molecule has 7 nitrogen and oxygen atoms in total. The van der Waals surface area contributed by atoms with Gasteiger partial charge in [0, 0.05) is 19.6 Å². The molecule has 2 rings (SSSR count). The normalized spacial score (nSPS) is 20.8. The number of unbranched alkanes of at least 4 members (excludes halogenated alkanes) is 1. The van der Waals surface area contributed by atoms with Gasteiger partial charge in [-0.25, -0.2) is 8.42 Å². The standard InChI is InChI=1S/C12H21N5O2S/c1-3-4-6-17(2)11-8-13-16-12(15-11)14-10-5-7-20(18,19)9-10/h8,10H,3-7,9H2,1-2H3,(H,14,15,16). The third-order valence-corrected chi connectivity index (χ3v) is 5.12. The minimum atomic E-state index is -2.90. The monoisotopic (exact) mass is 299 g/mol. The summed E-state index contributed by atoms with van der Waals surface area (Å²) in [5.74, 6) is 1.52. The lowest BCUT2D eigenvalue weighted by Crippen LogP contribution is -2.24. The van der Waals surface area contributed by atoms with Crippen molar-refractivity contribution in [3.05, 3.63) is 6.20 Å². The number of nitrogens with zero attached hydrogens (tertiary/aromatic N) is 4. The van der Waals surface area contributed by atoms with Gasteiger partial charge in [0.1, 0.15) is 0 Å². The highest BCUT2D eigenvalue weighted by Gasteiger charge is 2.28. The number of nitrogens with one attached hydrogen (secondary N) is 1. The molecule has 1 atom stereocenters. The molecule has 0 aliphatic carbocycles. The smallest absolute Gasteiger partial charge is 0.244 e. The van der Waals surface area contributed by atoms with Gasteiger partial charge in [0.05, 0.1) is 17.7 Å². The molecule has 112 valence electrons. The first-order valence-electron chi connectivity index (χ1n) is 6.88. The van der Waals surface area contributed by atoms with Crippen molar-refractivity contribution in [2.24, 2.45) is 0 Å². The molecule has 0 aromatic carbocycles. The quantitative estimate of drug-likeness (QED) is 0.827. The van der Waals surface area contributed by atoms with Crippen molar-refractivity contribution < 1.29 is 8.42 Å². The molecule has 0 saturated carbocycles. The predicted molar refractivity (Wildman–Crippen MR) is 78.7 cm³/mol. The van der Waals surface area contributed by atoms with E-state index in [0.29, 0.717) is 12.4 Å². The van der Waals surface area contributed by atoms with E-state index in [1.807, 2.05) is 11.9 Å². The van der Waals surface area contributed by atoms with Crippen LogP contribution in [0.2, 0.25) is 0 Å². The van der Waals surface area contributed by atoms with Crippen molar-refractivity contribution in [3.63, 3.8) is 0 Å². The van der Waals surface area contributed by atoms with Crippen LogP contribution in [0.3, 0.4) is 0 Å². The summed E-state index contributed by atoms with van der Waals surface area (Å²) in [5.41, 5.74) is 0. The Morgan fingerprint density at radius 2 is 2.30 bits per heavy atom. The fourth-order valence-corrected chi connectivity index (χ4v) is 3.81. The molecule has 1 fully saturated rings. The number of sulfone groups is 1. The molecule has 8 heteroatoms. The van der Waals surface area contributed by atoms with E-state index in [0.717, 1.165) is 25.2 Å². The molecule has 1 unspecified atom stereocenters. The van der Waals surface area contributed by atoms with Gasteiger partial charge >= 0.3 is 0 Å². The minimum Gasteiger partial charge on any atom is -0.358 e. The Balaban J connectivity index is 1.99. The Morgan fingerprint density at radius 3 is 2.95 bits per heavy atom. The summed E-state index contributed by atoms with van der Waals surface area (Å²) in [4.78, 5) is 6.41. The molecule has 0 amide bonds. The van der Waals surface area contributed by atoms with Crippen LogP contribution in [-0.4, -0.2) is 54.7 Å². The van der Waals surface area contributed by atoms with Gasteiger partial charge in [-0.1, -0.05) is 13.3 Å². The third kappa shape index (κ3) is 4.03. The minimum absolute atomic E-state index is 0.113. The summed E-state index contributed by atoms with van der Waals surface area (Å²) < 4.78 is 22.8. The zero-order chi connectivity index (χ0) is 14.6. The summed E-state index contributed by atoms with van der Waals surface area (Å²) in [6.45, 7) is 3.05. The molecule has 0 radical (unpaired) electrons. The number of hydrogen-bond donors (Lipinski definition) is 1. The zero-order valence-electron chi connectivity index (χ0n) is 11.9. The fraction of sp³-hybridized carbons (Fsp3) is 0.750. The number of hydrogen-bond acceptors (Lipinski definition) is 7. The SMILES string of the molecule is CCCCN(C)c1cnnc(NC2CCS(=O)(=O)C2)n1. The summed E-state index contributed by atoms with van der Waals surface area (Å²) in [6.07, 6.45) is 4.42. The van der Waals surface area contributed by atoms with Crippen LogP contribution in [-0.2, 0) is 9.84 Å². The first-order chi connectivity index (χ1) is 9.50. The number of rotatable bonds is 6. The first-order valence-corrected chi connectivity index (χ1v) is 8.70. The van der Waals surface area contributed by atoms with E-state index in [2.05, 4.69) is 27.4 Å². The van der Waals surface area contributed by atoms with Crippen LogP contribution in [0.5, 0.6) is 0 Å². The van der Waals surface area contributed by atoms with Gasteiger partial charge in [-0.05, 0) is 12.8 Å². The Hall–Kier alpha value is -1.44. The molecule has 20 heavy (non-hydrogen) atoms. The van der Waals surface area contributed by atoms with E-state index >= 15 is 0 Å². The van der Waals surface area contributed by atoms with Crippen molar-refractivity contribution in [1.82, 2.24) is 15.2 Å². The maximum atomic E-state index is 11.4. The molecule has 1 saturated heterocycles. The van der Waals surface area contributed by atoms with Crippen LogP contribution < -0.4 is 10.2 Å². The van der Waals surface area contributed by atoms with Crippen molar-refractivity contribution in [3.8, 4) is 0 Å². The second-order valence-corrected chi connectivity index (χ2v) is 7.39. The van der Waals surface area contributed by atoms with E-state index < -0.39 is 9.84 Å². The van der Waals surface area contributed by atoms with Gasteiger partial charge in [-0.2, -0.15) is 10.1 Å². The van der Waals surface area contributed by atoms with Crippen LogP contribution in [0.4, 0.5) is 11.8 Å². The van der Waals surface area contributed by atoms with E-state index in [4.69, 9.17) is 0 Å². The van der Waals surface area contributed by atoms with Gasteiger partial charge in [-0.15, -0.1) is 5.10 Å². The summed E-state index contributed by atoms with van der Waals surface area (Å²) >= 11 is 0. The molecular weight excluding hydrogens is 278 g/mol. The summed E-state index contributed by atoms with van der Waals surface area (Å²) in [7, 11) is -0.941. The Bertz CT molecular complexity index is 549. The van der Waals surface area contributed by atoms with Crippen molar-refractivity contribution >= 4 is 21.6 Å². The lowest BCUT2D eigenvalue weighted by molar-refractivity contribution is 0.602. The molecule has 1 aromatic rings. The topological polar surface area (TPSA) is 88.1 Å².